The third-order valence-corrected chi connectivity index (χ3v) is 24.9. The highest BCUT2D eigenvalue weighted by molar-refractivity contribution is 6.98. The van der Waals surface area contributed by atoms with E-state index in [1.807, 2.05) is 0 Å². The van der Waals surface area contributed by atoms with Crippen molar-refractivity contribution < 1.29 is 0 Å². The Kier molecular flexibility index (Phi) is 9.91. The Balaban J connectivity index is 5.42. The van der Waals surface area contributed by atoms with Crippen LogP contribution in [0.1, 0.15) is 55.4 Å². The number of rotatable bonds is 12. The van der Waals surface area contributed by atoms with Crippen molar-refractivity contribution in [2.45, 2.75) is 104 Å². The van der Waals surface area contributed by atoms with Gasteiger partial charge in [0.15, 0.2) is 8.40 Å². The first-order valence-corrected chi connectivity index (χ1v) is 17.1. The van der Waals surface area contributed by atoms with E-state index in [-0.39, 0.29) is 0 Å². The van der Waals surface area contributed by atoms with Crippen molar-refractivity contribution in [1.29, 1.82) is 0 Å². The predicted octanol–water partition coefficient (Wildman–Crippen LogP) is 5.66. The lowest BCUT2D eigenvalue weighted by Gasteiger charge is -2.47. The maximum atomic E-state index is 4.39. The molecule has 0 spiro atoms. The molecular formula is C16H42N2Si3. The van der Waals surface area contributed by atoms with E-state index in [1.54, 1.807) is 0 Å². The van der Waals surface area contributed by atoms with Gasteiger partial charge in [0, 0.05) is 0 Å². The van der Waals surface area contributed by atoms with Crippen molar-refractivity contribution in [3.63, 3.8) is 0 Å². The molecule has 0 heterocycles. The zero-order chi connectivity index (χ0) is 16.6. The van der Waals surface area contributed by atoms with Gasteiger partial charge < -0.3 is 9.30 Å². The highest BCUT2D eigenvalue weighted by Crippen LogP contribution is 2.26. The molecule has 0 aliphatic carbocycles. The minimum absolute atomic E-state index is 1.26. The van der Waals surface area contributed by atoms with Gasteiger partial charge in [0.2, 0.25) is 0 Å². The summed E-state index contributed by atoms with van der Waals surface area (Å²) in [5.41, 5.74) is 0. The molecule has 5 heteroatoms. The molecule has 0 radical (unpaired) electrons. The summed E-state index contributed by atoms with van der Waals surface area (Å²) >= 11 is 0. The molecule has 2 nitrogen and oxygen atoms in total. The van der Waals surface area contributed by atoms with Gasteiger partial charge in [-0.2, -0.15) is 0 Å². The van der Waals surface area contributed by atoms with Crippen LogP contribution in [-0.2, 0) is 0 Å². The maximum absolute atomic E-state index is 4.39. The van der Waals surface area contributed by atoms with Crippen molar-refractivity contribution in [2.75, 3.05) is 0 Å². The van der Waals surface area contributed by atoms with Gasteiger partial charge in [0.1, 0.15) is 16.5 Å². The average Bonchev–Trinajstić information content (AvgIpc) is 2.57. The van der Waals surface area contributed by atoms with Crippen molar-refractivity contribution in [3.05, 3.63) is 0 Å². The van der Waals surface area contributed by atoms with E-state index in [0.717, 1.165) is 0 Å². The van der Waals surface area contributed by atoms with Gasteiger partial charge in [0.05, 0.1) is 0 Å². The molecule has 0 aromatic carbocycles. The standard InChI is InChI=1S/C16H42N2Si3/c1-9-19(10-2,11-3)17-21(15-7,16-8)18-20(12-4,13-5)14-6/h17-18H,9-16H2,1-8H3. The Labute approximate surface area is 138 Å². The summed E-state index contributed by atoms with van der Waals surface area (Å²) in [6, 6.07) is 11.0. The lowest BCUT2D eigenvalue weighted by Crippen LogP contribution is -2.76. The molecule has 0 aliphatic heterocycles. The quantitative estimate of drug-likeness (QED) is 0.446. The molecule has 0 amide bonds. The topological polar surface area (TPSA) is 24.1 Å². The van der Waals surface area contributed by atoms with Gasteiger partial charge in [-0.05, 0) is 48.4 Å². The van der Waals surface area contributed by atoms with Crippen LogP contribution >= 0.6 is 0 Å². The predicted molar refractivity (Wildman–Crippen MR) is 107 cm³/mol. The Hall–Kier alpha value is 0.571. The van der Waals surface area contributed by atoms with Crippen molar-refractivity contribution in [2.24, 2.45) is 0 Å². The van der Waals surface area contributed by atoms with Crippen LogP contribution in [0.25, 0.3) is 0 Å². The minimum atomic E-state index is -1.52. The first kappa shape index (κ1) is 21.6. The Morgan fingerprint density at radius 2 is 0.667 bits per heavy atom. The molecule has 0 bridgehead atoms. The Morgan fingerprint density at radius 3 is 0.810 bits per heavy atom. The highest BCUT2D eigenvalue weighted by atomic mass is 28.4. The minimum Gasteiger partial charge on any atom is -0.347 e. The van der Waals surface area contributed by atoms with Gasteiger partial charge >= 0.3 is 0 Å². The third-order valence-electron chi connectivity index (χ3n) is 6.28. The van der Waals surface area contributed by atoms with E-state index in [9.17, 15) is 0 Å². The number of nitrogens with one attached hydrogen (secondary N) is 2. The fourth-order valence-corrected chi connectivity index (χ4v) is 23.2. The maximum Gasteiger partial charge on any atom is 0.187 e. The first-order chi connectivity index (χ1) is 9.90. The highest BCUT2D eigenvalue weighted by Gasteiger charge is 2.43. The summed E-state index contributed by atoms with van der Waals surface area (Å²) in [5, 5.41) is 0. The lowest BCUT2D eigenvalue weighted by atomic mass is 10.9. The molecular weight excluding hydrogens is 304 g/mol. The van der Waals surface area contributed by atoms with Gasteiger partial charge in [0.25, 0.3) is 0 Å². The SMILES string of the molecule is CC[Si](CC)(CC)N[Si](CC)(CC)N[Si](CC)(CC)CC. The van der Waals surface area contributed by atoms with E-state index in [2.05, 4.69) is 64.7 Å². The zero-order valence-electron chi connectivity index (χ0n) is 16.2. The van der Waals surface area contributed by atoms with Crippen LogP contribution < -0.4 is 9.30 Å². The second-order valence-corrected chi connectivity index (χ2v) is 21.7. The lowest BCUT2D eigenvalue weighted by molar-refractivity contribution is 0.976. The summed E-state index contributed by atoms with van der Waals surface area (Å²) in [6.45, 7) is 19.4. The molecule has 0 aromatic rings. The summed E-state index contributed by atoms with van der Waals surface area (Å²) in [6.07, 6.45) is 0. The monoisotopic (exact) mass is 346 g/mol. The van der Waals surface area contributed by atoms with Gasteiger partial charge in [-0.3, -0.25) is 0 Å². The molecule has 0 unspecified atom stereocenters. The van der Waals surface area contributed by atoms with E-state index in [0.29, 0.717) is 0 Å². The van der Waals surface area contributed by atoms with Gasteiger partial charge in [-0.25, -0.2) is 0 Å². The van der Waals surface area contributed by atoms with Crippen LogP contribution in [0, 0.1) is 0 Å². The molecule has 21 heavy (non-hydrogen) atoms. The van der Waals surface area contributed by atoms with E-state index in [1.165, 1.54) is 48.4 Å². The zero-order valence-corrected chi connectivity index (χ0v) is 19.2. The number of hydrogen-bond acceptors (Lipinski definition) is 2. The molecule has 0 aliphatic rings. The summed E-state index contributed by atoms with van der Waals surface area (Å²) in [7, 11) is -4.04. The molecule has 0 saturated heterocycles. The molecule has 2 N–H and O–H groups in total. The second kappa shape index (κ2) is 9.65. The fourth-order valence-electron chi connectivity index (χ4n) is 3.68. The smallest absolute Gasteiger partial charge is 0.187 e. The van der Waals surface area contributed by atoms with Gasteiger partial charge in [-0.15, -0.1) is 0 Å². The largest absolute Gasteiger partial charge is 0.347 e. The van der Waals surface area contributed by atoms with Crippen LogP contribution in [0.4, 0.5) is 0 Å². The average molecular weight is 347 g/mol. The second-order valence-electron chi connectivity index (χ2n) is 6.72. The molecule has 0 rings (SSSR count). The fraction of sp³-hybridized carbons (Fsp3) is 1.00. The molecule has 0 aromatic heterocycles. The van der Waals surface area contributed by atoms with Crippen LogP contribution in [0.15, 0.2) is 0 Å². The van der Waals surface area contributed by atoms with Crippen LogP contribution in [0.2, 0.25) is 48.4 Å². The first-order valence-electron chi connectivity index (χ1n) is 9.49. The van der Waals surface area contributed by atoms with Crippen molar-refractivity contribution >= 4 is 24.9 Å². The Bertz CT molecular complexity index is 232. The van der Waals surface area contributed by atoms with E-state index in [4.69, 9.17) is 0 Å². The molecule has 0 saturated carbocycles. The van der Waals surface area contributed by atoms with Gasteiger partial charge in [-0.1, -0.05) is 55.4 Å². The summed E-state index contributed by atoms with van der Waals surface area (Å²) in [5.74, 6) is 0. The Morgan fingerprint density at radius 1 is 0.429 bits per heavy atom. The van der Waals surface area contributed by atoms with Crippen molar-refractivity contribution in [3.8, 4) is 0 Å². The summed E-state index contributed by atoms with van der Waals surface area (Å²) in [4.78, 5) is 0. The van der Waals surface area contributed by atoms with Crippen molar-refractivity contribution in [1.82, 2.24) is 9.30 Å². The van der Waals surface area contributed by atoms with Crippen LogP contribution in [0.5, 0.6) is 0 Å². The van der Waals surface area contributed by atoms with Crippen LogP contribution in [0.3, 0.4) is 0 Å². The third kappa shape index (κ3) is 5.30. The van der Waals surface area contributed by atoms with E-state index < -0.39 is 24.9 Å². The van der Waals surface area contributed by atoms with E-state index >= 15 is 0 Å². The molecule has 0 atom stereocenters. The summed E-state index contributed by atoms with van der Waals surface area (Å²) < 4.78 is 8.78. The number of hydrogen-bond donors (Lipinski definition) is 2. The van der Waals surface area contributed by atoms with Crippen LogP contribution in [-0.4, -0.2) is 24.9 Å². The molecule has 128 valence electrons. The molecule has 0 fully saturated rings. The normalized spacial score (nSPS) is 13.7.